The highest BCUT2D eigenvalue weighted by Crippen LogP contribution is 2.23. The Kier molecular flexibility index (Phi) is 4.84. The molecule has 0 unspecified atom stereocenters. The minimum atomic E-state index is -0.0854. The Bertz CT molecular complexity index is 468. The van der Waals surface area contributed by atoms with Crippen molar-refractivity contribution >= 4 is 11.7 Å². The third-order valence-electron chi connectivity index (χ3n) is 3.85. The molecule has 0 aliphatic carbocycles. The lowest BCUT2D eigenvalue weighted by atomic mass is 9.98. The molecule has 1 aliphatic rings. The molecule has 1 aromatic rings. The highest BCUT2D eigenvalue weighted by molar-refractivity contribution is 5.90. The molecular weight excluding hydrogens is 256 g/mol. The van der Waals surface area contributed by atoms with Crippen LogP contribution >= 0.6 is 0 Å². The van der Waals surface area contributed by atoms with Gasteiger partial charge in [0.15, 0.2) is 0 Å². The molecule has 0 aromatic heterocycles. The summed E-state index contributed by atoms with van der Waals surface area (Å²) in [6.07, 6.45) is 1.72. The summed E-state index contributed by atoms with van der Waals surface area (Å²) in [6, 6.07) is 5.54. The summed E-state index contributed by atoms with van der Waals surface area (Å²) in [4.78, 5) is 14.0. The molecule has 5 heteroatoms. The van der Waals surface area contributed by atoms with Crippen LogP contribution in [0.3, 0.4) is 0 Å². The number of hydrogen-bond donors (Lipinski definition) is 2. The van der Waals surface area contributed by atoms with Crippen molar-refractivity contribution in [1.29, 1.82) is 0 Å². The Hall–Kier alpha value is -1.75. The molecule has 0 bridgehead atoms. The van der Waals surface area contributed by atoms with E-state index in [2.05, 4.69) is 5.32 Å². The molecule has 1 saturated heterocycles. The summed E-state index contributed by atoms with van der Waals surface area (Å²) in [5.74, 6) is 1.06. The Balaban J connectivity index is 1.98. The topological polar surface area (TPSA) is 61.8 Å². The predicted octanol–water partition coefficient (Wildman–Crippen LogP) is 2.24. The van der Waals surface area contributed by atoms with E-state index in [0.29, 0.717) is 19.0 Å². The number of methoxy groups -OCH3 is 1. The molecule has 5 nitrogen and oxygen atoms in total. The summed E-state index contributed by atoms with van der Waals surface area (Å²) in [5, 5.41) is 12.0. The second kappa shape index (κ2) is 6.61. The fourth-order valence-electron chi connectivity index (χ4n) is 2.38. The number of rotatable bonds is 3. The van der Waals surface area contributed by atoms with Crippen molar-refractivity contribution in [1.82, 2.24) is 4.90 Å². The van der Waals surface area contributed by atoms with Crippen molar-refractivity contribution in [3.63, 3.8) is 0 Å². The Morgan fingerprint density at radius 1 is 1.45 bits per heavy atom. The first kappa shape index (κ1) is 14.7. The van der Waals surface area contributed by atoms with Gasteiger partial charge in [0, 0.05) is 31.5 Å². The lowest BCUT2D eigenvalue weighted by molar-refractivity contribution is 0.143. The average Bonchev–Trinajstić information content (AvgIpc) is 2.49. The number of nitrogens with one attached hydrogen (secondary N) is 1. The number of benzene rings is 1. The third-order valence-corrected chi connectivity index (χ3v) is 3.85. The normalized spacial score (nSPS) is 16.1. The van der Waals surface area contributed by atoms with Gasteiger partial charge in [0.1, 0.15) is 5.75 Å². The number of hydrogen-bond acceptors (Lipinski definition) is 3. The molecule has 2 rings (SSSR count). The van der Waals surface area contributed by atoms with Crippen molar-refractivity contribution in [2.45, 2.75) is 19.8 Å². The van der Waals surface area contributed by atoms with Crippen molar-refractivity contribution in [2.24, 2.45) is 5.92 Å². The molecule has 1 aliphatic heterocycles. The van der Waals surface area contributed by atoms with E-state index in [-0.39, 0.29) is 12.6 Å². The highest BCUT2D eigenvalue weighted by Gasteiger charge is 2.22. The summed E-state index contributed by atoms with van der Waals surface area (Å²) in [5.41, 5.74) is 1.78. The largest absolute Gasteiger partial charge is 0.497 e. The number of aliphatic hydroxyl groups excluding tert-OH is 1. The monoisotopic (exact) mass is 278 g/mol. The van der Waals surface area contributed by atoms with Gasteiger partial charge in [-0.05, 0) is 37.3 Å². The maximum absolute atomic E-state index is 12.2. The van der Waals surface area contributed by atoms with Crippen molar-refractivity contribution < 1.29 is 14.6 Å². The summed E-state index contributed by atoms with van der Waals surface area (Å²) >= 11 is 0. The van der Waals surface area contributed by atoms with Gasteiger partial charge in [-0.3, -0.25) is 0 Å². The van der Waals surface area contributed by atoms with E-state index in [1.54, 1.807) is 12.0 Å². The van der Waals surface area contributed by atoms with Crippen LogP contribution in [0.4, 0.5) is 10.5 Å². The minimum absolute atomic E-state index is 0.0854. The average molecular weight is 278 g/mol. The number of amides is 2. The van der Waals surface area contributed by atoms with Gasteiger partial charge in [-0.2, -0.15) is 0 Å². The summed E-state index contributed by atoms with van der Waals surface area (Å²) < 4.78 is 5.17. The van der Waals surface area contributed by atoms with Gasteiger partial charge in [-0.25, -0.2) is 4.79 Å². The van der Waals surface area contributed by atoms with E-state index in [0.717, 1.165) is 29.8 Å². The lowest BCUT2D eigenvalue weighted by Crippen LogP contribution is -2.41. The zero-order valence-corrected chi connectivity index (χ0v) is 12.1. The second-order valence-electron chi connectivity index (χ2n) is 5.22. The molecular formula is C15H22N2O3. The molecule has 2 amide bonds. The van der Waals surface area contributed by atoms with Gasteiger partial charge in [0.05, 0.1) is 7.11 Å². The summed E-state index contributed by atoms with van der Waals surface area (Å²) in [6.45, 7) is 3.55. The van der Waals surface area contributed by atoms with Gasteiger partial charge in [-0.1, -0.05) is 6.07 Å². The van der Waals surface area contributed by atoms with Crippen molar-refractivity contribution in [2.75, 3.05) is 32.1 Å². The molecule has 20 heavy (non-hydrogen) atoms. The van der Waals surface area contributed by atoms with E-state index in [9.17, 15) is 4.79 Å². The van der Waals surface area contributed by atoms with Crippen LogP contribution in [0.5, 0.6) is 5.75 Å². The smallest absolute Gasteiger partial charge is 0.321 e. The number of ether oxygens (including phenoxy) is 1. The Labute approximate surface area is 119 Å². The van der Waals surface area contributed by atoms with Crippen molar-refractivity contribution in [3.8, 4) is 5.75 Å². The van der Waals surface area contributed by atoms with E-state index in [4.69, 9.17) is 9.84 Å². The number of aliphatic hydroxyl groups is 1. The van der Waals surface area contributed by atoms with Gasteiger partial charge in [-0.15, -0.1) is 0 Å². The first-order valence-electron chi connectivity index (χ1n) is 6.95. The Morgan fingerprint density at radius 2 is 2.15 bits per heavy atom. The zero-order chi connectivity index (χ0) is 14.5. The number of likely N-dealkylation sites (tertiary alicyclic amines) is 1. The van der Waals surface area contributed by atoms with Crippen LogP contribution in [-0.4, -0.2) is 42.8 Å². The predicted molar refractivity (Wildman–Crippen MR) is 78.1 cm³/mol. The van der Waals surface area contributed by atoms with Gasteiger partial charge >= 0.3 is 6.03 Å². The number of urea groups is 1. The number of piperidine rings is 1. The van der Waals surface area contributed by atoms with E-state index < -0.39 is 0 Å². The van der Waals surface area contributed by atoms with Gasteiger partial charge in [0.2, 0.25) is 0 Å². The molecule has 1 heterocycles. The fourth-order valence-corrected chi connectivity index (χ4v) is 2.38. The number of carbonyl (C=O) groups excluding carboxylic acids is 1. The SMILES string of the molecule is COc1ccc(C)c(NC(=O)N2CCC(CO)CC2)c1. The van der Waals surface area contributed by atoms with E-state index in [1.807, 2.05) is 25.1 Å². The molecule has 110 valence electrons. The molecule has 1 fully saturated rings. The zero-order valence-electron chi connectivity index (χ0n) is 12.1. The standard InChI is InChI=1S/C15H22N2O3/c1-11-3-4-13(20-2)9-14(11)16-15(19)17-7-5-12(10-18)6-8-17/h3-4,9,12,18H,5-8,10H2,1-2H3,(H,16,19). The number of aryl methyl sites for hydroxylation is 1. The lowest BCUT2D eigenvalue weighted by Gasteiger charge is -2.31. The number of carbonyl (C=O) groups is 1. The quantitative estimate of drug-likeness (QED) is 0.891. The van der Waals surface area contributed by atoms with Crippen LogP contribution in [0.15, 0.2) is 18.2 Å². The molecule has 1 aromatic carbocycles. The summed E-state index contributed by atoms with van der Waals surface area (Å²) in [7, 11) is 1.61. The number of nitrogens with zero attached hydrogens (tertiary/aromatic N) is 1. The minimum Gasteiger partial charge on any atom is -0.497 e. The fraction of sp³-hybridized carbons (Fsp3) is 0.533. The third kappa shape index (κ3) is 3.42. The van der Waals surface area contributed by atoms with Crippen LogP contribution < -0.4 is 10.1 Å². The van der Waals surface area contributed by atoms with Crippen molar-refractivity contribution in [3.05, 3.63) is 23.8 Å². The van der Waals surface area contributed by atoms with E-state index in [1.165, 1.54) is 0 Å². The molecule has 2 N–H and O–H groups in total. The molecule has 0 saturated carbocycles. The first-order valence-corrected chi connectivity index (χ1v) is 6.95. The second-order valence-corrected chi connectivity index (χ2v) is 5.22. The van der Waals surface area contributed by atoms with Crippen LogP contribution in [0, 0.1) is 12.8 Å². The van der Waals surface area contributed by atoms with Crippen LogP contribution in [-0.2, 0) is 0 Å². The van der Waals surface area contributed by atoms with Gasteiger partial charge < -0.3 is 20.1 Å². The molecule has 0 atom stereocenters. The maximum atomic E-state index is 12.2. The molecule has 0 radical (unpaired) electrons. The van der Waals surface area contributed by atoms with Crippen LogP contribution in [0.25, 0.3) is 0 Å². The molecule has 0 spiro atoms. The first-order chi connectivity index (χ1) is 9.63. The number of anilines is 1. The van der Waals surface area contributed by atoms with Crippen LogP contribution in [0.2, 0.25) is 0 Å². The van der Waals surface area contributed by atoms with Crippen LogP contribution in [0.1, 0.15) is 18.4 Å². The van der Waals surface area contributed by atoms with E-state index >= 15 is 0 Å². The maximum Gasteiger partial charge on any atom is 0.321 e. The van der Waals surface area contributed by atoms with Gasteiger partial charge in [0.25, 0.3) is 0 Å². The Morgan fingerprint density at radius 3 is 2.75 bits per heavy atom. The highest BCUT2D eigenvalue weighted by atomic mass is 16.5.